The molecule has 2 aromatic rings. The Morgan fingerprint density at radius 1 is 1.10 bits per heavy atom. The number of barbiturate groups is 1. The van der Waals surface area contributed by atoms with Crippen molar-refractivity contribution in [1.82, 2.24) is 5.32 Å². The maximum absolute atomic E-state index is 12.9. The van der Waals surface area contributed by atoms with Gasteiger partial charge >= 0.3 is 12.0 Å². The van der Waals surface area contributed by atoms with Gasteiger partial charge in [0.05, 0.1) is 5.69 Å². The summed E-state index contributed by atoms with van der Waals surface area (Å²) in [6.45, 7) is 3.23. The second-order valence-electron chi connectivity index (χ2n) is 6.43. The lowest BCUT2D eigenvalue weighted by molar-refractivity contribution is -0.144. The molecule has 1 heterocycles. The molecule has 29 heavy (non-hydrogen) atoms. The van der Waals surface area contributed by atoms with Crippen LogP contribution in [-0.4, -0.2) is 35.0 Å². The molecular formula is C21H18N2O6. The minimum atomic E-state index is -1.16. The van der Waals surface area contributed by atoms with E-state index in [1.807, 2.05) is 6.92 Å². The molecule has 0 unspecified atom stereocenters. The van der Waals surface area contributed by atoms with Gasteiger partial charge in [-0.05, 0) is 38.1 Å². The van der Waals surface area contributed by atoms with E-state index in [2.05, 4.69) is 5.32 Å². The number of nitrogens with one attached hydrogen (secondary N) is 1. The highest BCUT2D eigenvalue weighted by Crippen LogP contribution is 2.26. The number of hydrogen-bond donors (Lipinski definition) is 2. The quantitative estimate of drug-likeness (QED) is 0.595. The van der Waals surface area contributed by atoms with E-state index in [1.165, 1.54) is 19.1 Å². The third-order valence-electron chi connectivity index (χ3n) is 4.26. The number of carbonyl (C=O) groups excluding carboxylic acids is 3. The highest BCUT2D eigenvalue weighted by molar-refractivity contribution is 6.39. The Morgan fingerprint density at radius 3 is 2.41 bits per heavy atom. The van der Waals surface area contributed by atoms with E-state index < -0.39 is 29.9 Å². The van der Waals surface area contributed by atoms with Crippen LogP contribution in [0.4, 0.5) is 10.5 Å². The summed E-state index contributed by atoms with van der Waals surface area (Å²) in [6, 6.07) is 12.2. The number of hydrogen-bond acceptors (Lipinski definition) is 5. The predicted octanol–water partition coefficient (Wildman–Crippen LogP) is 2.51. The van der Waals surface area contributed by atoms with Gasteiger partial charge < -0.3 is 9.84 Å². The van der Waals surface area contributed by atoms with E-state index in [0.29, 0.717) is 11.3 Å². The van der Waals surface area contributed by atoms with Gasteiger partial charge in [-0.2, -0.15) is 0 Å². The number of carboxylic acids is 1. The van der Waals surface area contributed by atoms with Gasteiger partial charge in [-0.1, -0.05) is 35.9 Å². The van der Waals surface area contributed by atoms with Crippen LogP contribution in [0.2, 0.25) is 0 Å². The van der Waals surface area contributed by atoms with Gasteiger partial charge in [0.15, 0.2) is 6.10 Å². The van der Waals surface area contributed by atoms with Gasteiger partial charge in [0.1, 0.15) is 11.3 Å². The lowest BCUT2D eigenvalue weighted by Gasteiger charge is -2.26. The maximum Gasteiger partial charge on any atom is 0.344 e. The highest BCUT2D eigenvalue weighted by atomic mass is 16.5. The van der Waals surface area contributed by atoms with Crippen LogP contribution in [-0.2, 0) is 14.4 Å². The molecule has 2 N–H and O–H groups in total. The van der Waals surface area contributed by atoms with Crippen LogP contribution >= 0.6 is 0 Å². The van der Waals surface area contributed by atoms with Crippen molar-refractivity contribution in [2.45, 2.75) is 20.0 Å². The number of aryl methyl sites for hydroxylation is 1. The lowest BCUT2D eigenvalue weighted by atomic mass is 10.1. The van der Waals surface area contributed by atoms with E-state index in [4.69, 9.17) is 9.84 Å². The monoisotopic (exact) mass is 394 g/mol. The standard InChI is InChI=1S/C21H18N2O6/c1-12-7-9-15(10-8-12)23-19(25)16(18(24)22-21(23)28)11-14-5-3-4-6-17(14)29-13(2)20(26)27/h3-11,13H,1-2H3,(H,26,27)(H,22,24,28)/b16-11+/t13-/m1/s1. The molecule has 148 valence electrons. The zero-order chi connectivity index (χ0) is 21.1. The normalized spacial score (nSPS) is 16.6. The largest absolute Gasteiger partial charge is 0.479 e. The summed E-state index contributed by atoms with van der Waals surface area (Å²) in [6.07, 6.45) is 0.144. The van der Waals surface area contributed by atoms with Crippen molar-refractivity contribution in [3.05, 3.63) is 65.2 Å². The van der Waals surface area contributed by atoms with E-state index in [9.17, 15) is 19.2 Å². The average Bonchev–Trinajstić information content (AvgIpc) is 2.67. The number of carbonyl (C=O) groups is 4. The molecular weight excluding hydrogens is 376 g/mol. The molecule has 1 aliphatic rings. The van der Waals surface area contributed by atoms with Crippen molar-refractivity contribution in [3.8, 4) is 5.75 Å². The number of para-hydroxylation sites is 1. The number of imide groups is 2. The summed E-state index contributed by atoms with van der Waals surface area (Å²) in [4.78, 5) is 49.4. The number of amides is 4. The summed E-state index contributed by atoms with van der Waals surface area (Å²) in [7, 11) is 0. The fourth-order valence-corrected chi connectivity index (χ4v) is 2.69. The van der Waals surface area contributed by atoms with Crippen LogP contribution in [0.1, 0.15) is 18.1 Å². The number of nitrogens with zero attached hydrogens (tertiary/aromatic N) is 1. The van der Waals surface area contributed by atoms with Crippen molar-refractivity contribution in [2.75, 3.05) is 4.90 Å². The second kappa shape index (κ2) is 7.97. The molecule has 1 fully saturated rings. The number of urea groups is 1. The zero-order valence-electron chi connectivity index (χ0n) is 15.7. The van der Waals surface area contributed by atoms with E-state index in [-0.39, 0.29) is 11.3 Å². The molecule has 0 saturated carbocycles. The third-order valence-corrected chi connectivity index (χ3v) is 4.26. The summed E-state index contributed by atoms with van der Waals surface area (Å²) in [5, 5.41) is 11.2. The zero-order valence-corrected chi connectivity index (χ0v) is 15.7. The van der Waals surface area contributed by atoms with E-state index in [1.54, 1.807) is 42.5 Å². The van der Waals surface area contributed by atoms with Gasteiger partial charge in [-0.25, -0.2) is 14.5 Å². The molecule has 0 bridgehead atoms. The second-order valence-corrected chi connectivity index (χ2v) is 6.43. The Balaban J connectivity index is 1.99. The Labute approximate surface area is 166 Å². The van der Waals surface area contributed by atoms with Gasteiger partial charge in [-0.3, -0.25) is 14.9 Å². The molecule has 1 aliphatic heterocycles. The first-order chi connectivity index (χ1) is 13.8. The molecule has 8 heteroatoms. The van der Waals surface area contributed by atoms with Crippen LogP contribution in [0.3, 0.4) is 0 Å². The first kappa shape index (κ1) is 19.8. The minimum Gasteiger partial charge on any atom is -0.479 e. The molecule has 1 saturated heterocycles. The van der Waals surface area contributed by atoms with Crippen LogP contribution in [0.15, 0.2) is 54.1 Å². The first-order valence-corrected chi connectivity index (χ1v) is 8.74. The summed E-state index contributed by atoms with van der Waals surface area (Å²) < 4.78 is 5.40. The summed E-state index contributed by atoms with van der Waals surface area (Å²) in [5.74, 6) is -2.60. The van der Waals surface area contributed by atoms with Crippen LogP contribution < -0.4 is 15.0 Å². The fourth-order valence-electron chi connectivity index (χ4n) is 2.69. The molecule has 3 rings (SSSR count). The SMILES string of the molecule is Cc1ccc(N2C(=O)NC(=O)/C(=C\c3ccccc3O[C@H](C)C(=O)O)C2=O)cc1. The predicted molar refractivity (Wildman–Crippen MR) is 104 cm³/mol. The van der Waals surface area contributed by atoms with Crippen LogP contribution in [0.25, 0.3) is 6.08 Å². The lowest BCUT2D eigenvalue weighted by Crippen LogP contribution is -2.54. The Morgan fingerprint density at radius 2 is 1.76 bits per heavy atom. The molecule has 0 aliphatic carbocycles. The molecule has 0 radical (unpaired) electrons. The van der Waals surface area contributed by atoms with Crippen LogP contribution in [0.5, 0.6) is 5.75 Å². The molecule has 2 aromatic carbocycles. The van der Waals surface area contributed by atoms with Crippen molar-refractivity contribution in [1.29, 1.82) is 0 Å². The average molecular weight is 394 g/mol. The molecule has 0 spiro atoms. The molecule has 1 atom stereocenters. The highest BCUT2D eigenvalue weighted by Gasteiger charge is 2.37. The maximum atomic E-state index is 12.9. The Bertz CT molecular complexity index is 1030. The van der Waals surface area contributed by atoms with Crippen molar-refractivity contribution in [2.24, 2.45) is 0 Å². The Kier molecular flexibility index (Phi) is 5.45. The first-order valence-electron chi connectivity index (χ1n) is 8.74. The molecule has 0 aromatic heterocycles. The Hall–Kier alpha value is -3.94. The number of benzene rings is 2. The molecule has 4 amide bonds. The summed E-state index contributed by atoms with van der Waals surface area (Å²) >= 11 is 0. The number of carboxylic acid groups (broad SMARTS) is 1. The van der Waals surface area contributed by atoms with Crippen LogP contribution in [0, 0.1) is 6.92 Å². The number of aliphatic carboxylic acids is 1. The number of rotatable bonds is 5. The fraction of sp³-hybridized carbons (Fsp3) is 0.143. The smallest absolute Gasteiger partial charge is 0.344 e. The van der Waals surface area contributed by atoms with Gasteiger partial charge in [0.25, 0.3) is 11.8 Å². The van der Waals surface area contributed by atoms with Crippen molar-refractivity contribution < 1.29 is 29.0 Å². The number of ether oxygens (including phenoxy) is 1. The summed E-state index contributed by atoms with van der Waals surface area (Å²) in [5.41, 5.74) is 1.33. The van der Waals surface area contributed by atoms with Gasteiger partial charge in [-0.15, -0.1) is 0 Å². The number of anilines is 1. The van der Waals surface area contributed by atoms with E-state index in [0.717, 1.165) is 10.5 Å². The van der Waals surface area contributed by atoms with E-state index >= 15 is 0 Å². The van der Waals surface area contributed by atoms with Gasteiger partial charge in [0, 0.05) is 5.56 Å². The minimum absolute atomic E-state index is 0.189. The molecule has 8 nitrogen and oxygen atoms in total. The van der Waals surface area contributed by atoms with Gasteiger partial charge in [0.2, 0.25) is 0 Å². The van der Waals surface area contributed by atoms with Crippen molar-refractivity contribution >= 4 is 35.6 Å². The topological polar surface area (TPSA) is 113 Å². The third kappa shape index (κ3) is 4.16. The van der Waals surface area contributed by atoms with Crippen molar-refractivity contribution in [3.63, 3.8) is 0 Å².